The van der Waals surface area contributed by atoms with Gasteiger partial charge in [-0.05, 0) is 13.8 Å². The van der Waals surface area contributed by atoms with E-state index in [1.165, 1.54) is 6.08 Å². The van der Waals surface area contributed by atoms with E-state index in [-0.39, 0.29) is 0 Å². The quantitative estimate of drug-likeness (QED) is 0.551. The Kier molecular flexibility index (Phi) is 14.8. The third-order valence-electron chi connectivity index (χ3n) is 0.299. The average molecular weight is 318 g/mol. The molecular formula is C6H11Cl3O4S2. The highest BCUT2D eigenvalue weighted by Crippen LogP contribution is 1.98. The molecule has 0 aromatic heterocycles. The molecule has 0 aliphatic heterocycles. The van der Waals surface area contributed by atoms with Crippen LogP contribution in [0.4, 0.5) is 0 Å². The van der Waals surface area contributed by atoms with Gasteiger partial charge in [0.15, 0.2) is 0 Å². The van der Waals surface area contributed by atoms with Crippen LogP contribution in [-0.2, 0) is 17.3 Å². The van der Waals surface area contributed by atoms with Crippen LogP contribution in [0.2, 0.25) is 0 Å². The predicted octanol–water partition coefficient (Wildman–Crippen LogP) is 2.99. The Morgan fingerprint density at radius 1 is 1.00 bits per heavy atom. The van der Waals surface area contributed by atoms with Gasteiger partial charge in [-0.1, -0.05) is 12.2 Å². The van der Waals surface area contributed by atoms with Crippen LogP contribution in [0.15, 0.2) is 24.1 Å². The molecule has 0 heterocycles. The van der Waals surface area contributed by atoms with Crippen LogP contribution in [0.25, 0.3) is 0 Å². The largest absolute Gasteiger partial charge is 0.317 e. The Hall–Kier alpha value is 0.250. The number of hydrogen-bond acceptors (Lipinski definition) is 4. The van der Waals surface area contributed by atoms with Crippen LogP contribution >= 0.6 is 32.0 Å². The zero-order chi connectivity index (χ0) is 13.1. The van der Waals surface area contributed by atoms with Gasteiger partial charge in [0.25, 0.3) is 9.05 Å². The summed E-state index contributed by atoms with van der Waals surface area (Å²) in [5, 5.41) is 0.925. The van der Waals surface area contributed by atoms with Crippen molar-refractivity contribution < 1.29 is 16.8 Å². The maximum atomic E-state index is 9.91. The van der Waals surface area contributed by atoms with E-state index >= 15 is 0 Å². The molecule has 0 amide bonds. The zero-order valence-electron chi connectivity index (χ0n) is 8.02. The van der Waals surface area contributed by atoms with Crippen LogP contribution in [0.3, 0.4) is 0 Å². The minimum atomic E-state index is -3.72. The molecule has 4 nitrogen and oxygen atoms in total. The maximum Gasteiger partial charge on any atom is 0.317 e. The summed E-state index contributed by atoms with van der Waals surface area (Å²) in [5.41, 5.74) is 0. The van der Waals surface area contributed by atoms with Crippen LogP contribution < -0.4 is 0 Å². The molecule has 9 heteroatoms. The summed E-state index contributed by atoms with van der Waals surface area (Å²) >= 11 is 0. The highest BCUT2D eigenvalue weighted by Gasteiger charge is 1.91. The third kappa shape index (κ3) is 118. The zero-order valence-corrected chi connectivity index (χ0v) is 11.9. The minimum Gasteiger partial charge on any atom is -0.208 e. The van der Waals surface area contributed by atoms with Gasteiger partial charge in [0.2, 0.25) is 0 Å². The van der Waals surface area contributed by atoms with E-state index in [1.807, 2.05) is 6.92 Å². The molecule has 0 rings (SSSR count). The van der Waals surface area contributed by atoms with Gasteiger partial charge in [-0.2, -0.15) is 8.42 Å². The Morgan fingerprint density at radius 2 is 1.20 bits per heavy atom. The standard InChI is InChI=1S/C3H5ClO2S.C3H6.Cl2O2S/c1-2-3-7(4,5)6;1-3-2;1-5(2,3)4/h2-3H,1H3;3H,1H2,2H3;/b3-2+;;. The Morgan fingerprint density at radius 3 is 1.20 bits per heavy atom. The molecule has 0 unspecified atom stereocenters. The van der Waals surface area contributed by atoms with Crippen LogP contribution in [0.5, 0.6) is 0 Å². The highest BCUT2D eigenvalue weighted by atomic mass is 36.0. The van der Waals surface area contributed by atoms with E-state index in [4.69, 9.17) is 19.1 Å². The normalized spacial score (nSPS) is 10.7. The van der Waals surface area contributed by atoms with Crippen molar-refractivity contribution >= 4 is 49.4 Å². The van der Waals surface area contributed by atoms with Gasteiger partial charge in [0, 0.05) is 37.5 Å². The number of halogens is 3. The summed E-state index contributed by atoms with van der Waals surface area (Å²) in [5.74, 6) is 0. The summed E-state index contributed by atoms with van der Waals surface area (Å²) in [7, 11) is 6.15. The maximum absolute atomic E-state index is 9.91. The second-order valence-corrected chi connectivity index (χ2v) is 7.91. The fourth-order valence-corrected chi connectivity index (χ4v) is 0.796. The molecule has 0 aliphatic rings. The molecule has 0 atom stereocenters. The first kappa shape index (κ1) is 20.6. The van der Waals surface area contributed by atoms with Crippen molar-refractivity contribution in [2.24, 2.45) is 0 Å². The summed E-state index contributed by atoms with van der Waals surface area (Å²) in [6, 6.07) is 0. The van der Waals surface area contributed by atoms with Gasteiger partial charge in [-0.3, -0.25) is 0 Å². The van der Waals surface area contributed by atoms with Gasteiger partial charge in [0.05, 0.1) is 0 Å². The molecular weight excluding hydrogens is 307 g/mol. The van der Waals surface area contributed by atoms with Crippen molar-refractivity contribution in [1.82, 2.24) is 0 Å². The fraction of sp³-hybridized carbons (Fsp3) is 0.333. The number of hydrogen-bond donors (Lipinski definition) is 0. The lowest BCUT2D eigenvalue weighted by atomic mass is 10.8. The molecule has 0 aliphatic carbocycles. The first-order chi connectivity index (χ1) is 6.47. The van der Waals surface area contributed by atoms with Gasteiger partial charge in [-0.25, -0.2) is 8.42 Å². The van der Waals surface area contributed by atoms with E-state index in [1.54, 1.807) is 13.0 Å². The Bertz CT molecular complexity index is 361. The molecule has 0 radical (unpaired) electrons. The predicted molar refractivity (Wildman–Crippen MR) is 66.1 cm³/mol. The first-order valence-electron chi connectivity index (χ1n) is 3.26. The van der Waals surface area contributed by atoms with E-state index < -0.39 is 17.3 Å². The first-order valence-corrected chi connectivity index (χ1v) is 8.77. The van der Waals surface area contributed by atoms with Gasteiger partial charge in [0.1, 0.15) is 0 Å². The molecule has 0 fully saturated rings. The van der Waals surface area contributed by atoms with Crippen molar-refractivity contribution in [2.45, 2.75) is 13.8 Å². The fourth-order valence-electron chi connectivity index (χ4n) is 0.163. The SMILES string of the molecule is C/C=C/S(=O)(=O)Cl.C=CC.O=S(=O)(Cl)Cl. The van der Waals surface area contributed by atoms with Gasteiger partial charge in [-0.15, -0.1) is 6.58 Å². The van der Waals surface area contributed by atoms with Gasteiger partial charge < -0.3 is 0 Å². The smallest absolute Gasteiger partial charge is 0.208 e. The molecule has 0 N–H and O–H groups in total. The third-order valence-corrected chi connectivity index (χ3v) is 1.20. The minimum absolute atomic E-state index is 0.925. The second-order valence-electron chi connectivity index (χ2n) is 1.73. The van der Waals surface area contributed by atoms with Crippen molar-refractivity contribution in [1.29, 1.82) is 0 Å². The summed E-state index contributed by atoms with van der Waals surface area (Å²) in [6.07, 6.45) is 3.11. The van der Waals surface area contributed by atoms with E-state index in [0.29, 0.717) is 0 Å². The van der Waals surface area contributed by atoms with E-state index in [0.717, 1.165) is 5.41 Å². The molecule has 0 spiro atoms. The van der Waals surface area contributed by atoms with Crippen LogP contribution in [0.1, 0.15) is 13.8 Å². The molecule has 0 saturated heterocycles. The number of rotatable bonds is 1. The summed E-state index contributed by atoms with van der Waals surface area (Å²) in [6.45, 7) is 6.83. The molecule has 0 aromatic carbocycles. The Balaban J connectivity index is -0.000000158. The van der Waals surface area contributed by atoms with E-state index in [2.05, 4.69) is 27.9 Å². The van der Waals surface area contributed by atoms with Crippen molar-refractivity contribution in [3.05, 3.63) is 24.1 Å². The lowest BCUT2D eigenvalue weighted by Crippen LogP contribution is -1.76. The molecule has 0 saturated carbocycles. The van der Waals surface area contributed by atoms with Crippen LogP contribution in [-0.4, -0.2) is 16.8 Å². The summed E-state index contributed by atoms with van der Waals surface area (Å²) in [4.78, 5) is 0. The average Bonchev–Trinajstić information content (AvgIpc) is 1.80. The monoisotopic (exact) mass is 316 g/mol. The highest BCUT2D eigenvalue weighted by molar-refractivity contribution is 8.31. The van der Waals surface area contributed by atoms with Crippen molar-refractivity contribution in [3.8, 4) is 0 Å². The van der Waals surface area contributed by atoms with Crippen LogP contribution in [0, 0.1) is 0 Å². The summed E-state index contributed by atoms with van der Waals surface area (Å²) < 4.78 is 38.1. The second kappa shape index (κ2) is 10.8. The molecule has 92 valence electrons. The van der Waals surface area contributed by atoms with Crippen molar-refractivity contribution in [2.75, 3.05) is 0 Å². The topological polar surface area (TPSA) is 68.3 Å². The molecule has 0 bridgehead atoms. The molecule has 15 heavy (non-hydrogen) atoms. The number of allylic oxidation sites excluding steroid dienone is 2. The lowest BCUT2D eigenvalue weighted by molar-refractivity contribution is 0.616. The lowest BCUT2D eigenvalue weighted by Gasteiger charge is -1.73. The van der Waals surface area contributed by atoms with Crippen molar-refractivity contribution in [3.63, 3.8) is 0 Å². The molecule has 0 aromatic rings. The Labute approximate surface area is 104 Å². The van der Waals surface area contributed by atoms with Gasteiger partial charge >= 0.3 is 8.26 Å². The van der Waals surface area contributed by atoms with E-state index in [9.17, 15) is 8.42 Å².